The van der Waals surface area contributed by atoms with E-state index in [1.54, 1.807) is 38.1 Å². The second-order valence-corrected chi connectivity index (χ2v) is 5.20. The largest absolute Gasteiger partial charge is 0.465 e. The lowest BCUT2D eigenvalue weighted by Crippen LogP contribution is -2.46. The summed E-state index contributed by atoms with van der Waals surface area (Å²) in [4.78, 5) is 25.3. The SMILES string of the molecule is CCOC(=O)C(CC=C(C)C)(C(=O)OCC)c1ccccc1. The molecule has 0 aliphatic heterocycles. The van der Waals surface area contributed by atoms with Crippen LogP contribution in [0.4, 0.5) is 0 Å². The Morgan fingerprint density at radius 2 is 1.50 bits per heavy atom. The minimum absolute atomic E-state index is 0.210. The van der Waals surface area contributed by atoms with Crippen molar-refractivity contribution < 1.29 is 19.1 Å². The lowest BCUT2D eigenvalue weighted by atomic mass is 9.77. The molecular weight excluding hydrogens is 280 g/mol. The maximum Gasteiger partial charge on any atom is 0.328 e. The molecule has 0 heterocycles. The van der Waals surface area contributed by atoms with Gasteiger partial charge in [-0.05, 0) is 39.7 Å². The molecule has 0 spiro atoms. The van der Waals surface area contributed by atoms with Crippen molar-refractivity contribution in [2.75, 3.05) is 13.2 Å². The van der Waals surface area contributed by atoms with E-state index < -0.39 is 17.4 Å². The highest BCUT2D eigenvalue weighted by Crippen LogP contribution is 2.32. The number of hydrogen-bond acceptors (Lipinski definition) is 4. The predicted molar refractivity (Wildman–Crippen MR) is 85.4 cm³/mol. The molecule has 0 saturated heterocycles. The molecule has 4 nitrogen and oxygen atoms in total. The van der Waals surface area contributed by atoms with Crippen LogP contribution in [0.2, 0.25) is 0 Å². The van der Waals surface area contributed by atoms with Crippen LogP contribution in [-0.2, 0) is 24.5 Å². The molecule has 0 unspecified atom stereocenters. The normalized spacial score (nSPS) is 10.7. The van der Waals surface area contributed by atoms with Gasteiger partial charge in [0.05, 0.1) is 13.2 Å². The van der Waals surface area contributed by atoms with E-state index in [9.17, 15) is 9.59 Å². The van der Waals surface area contributed by atoms with Gasteiger partial charge in [0, 0.05) is 0 Å². The van der Waals surface area contributed by atoms with E-state index in [0.29, 0.717) is 5.56 Å². The van der Waals surface area contributed by atoms with Gasteiger partial charge in [-0.3, -0.25) is 9.59 Å². The average molecular weight is 304 g/mol. The fraction of sp³-hybridized carbons (Fsp3) is 0.444. The maximum atomic E-state index is 12.6. The van der Waals surface area contributed by atoms with E-state index in [-0.39, 0.29) is 19.6 Å². The highest BCUT2D eigenvalue weighted by Gasteiger charge is 2.49. The third-order valence-corrected chi connectivity index (χ3v) is 3.33. The zero-order chi connectivity index (χ0) is 16.6. The van der Waals surface area contributed by atoms with Gasteiger partial charge >= 0.3 is 11.9 Å². The first-order valence-corrected chi connectivity index (χ1v) is 7.52. The fourth-order valence-corrected chi connectivity index (χ4v) is 2.19. The van der Waals surface area contributed by atoms with E-state index >= 15 is 0 Å². The molecule has 1 rings (SSSR count). The number of esters is 2. The topological polar surface area (TPSA) is 52.6 Å². The second-order valence-electron chi connectivity index (χ2n) is 5.20. The Hall–Kier alpha value is -2.10. The van der Waals surface area contributed by atoms with Crippen molar-refractivity contribution >= 4 is 11.9 Å². The highest BCUT2D eigenvalue weighted by molar-refractivity contribution is 6.06. The standard InChI is InChI=1S/C18H24O4/c1-5-21-16(19)18(13-12-14(3)4,17(20)22-6-2)15-10-8-7-9-11-15/h7-12H,5-6,13H2,1-4H3. The molecule has 0 atom stereocenters. The smallest absolute Gasteiger partial charge is 0.328 e. The van der Waals surface area contributed by atoms with Gasteiger partial charge in [-0.25, -0.2) is 0 Å². The summed E-state index contributed by atoms with van der Waals surface area (Å²) in [6.45, 7) is 7.71. The molecule has 22 heavy (non-hydrogen) atoms. The summed E-state index contributed by atoms with van der Waals surface area (Å²) in [6.07, 6.45) is 2.08. The number of carbonyl (C=O) groups excluding carboxylic acids is 2. The van der Waals surface area contributed by atoms with Crippen molar-refractivity contribution in [3.63, 3.8) is 0 Å². The van der Waals surface area contributed by atoms with Gasteiger partial charge in [0.2, 0.25) is 0 Å². The minimum atomic E-state index is -1.45. The molecule has 0 bridgehead atoms. The molecule has 4 heteroatoms. The van der Waals surface area contributed by atoms with Crippen LogP contribution in [0.15, 0.2) is 42.0 Å². The summed E-state index contributed by atoms with van der Waals surface area (Å²) < 4.78 is 10.4. The zero-order valence-electron chi connectivity index (χ0n) is 13.7. The van der Waals surface area contributed by atoms with Crippen molar-refractivity contribution in [2.45, 2.75) is 39.5 Å². The van der Waals surface area contributed by atoms with Crippen molar-refractivity contribution in [1.29, 1.82) is 0 Å². The first-order chi connectivity index (χ1) is 10.5. The maximum absolute atomic E-state index is 12.6. The lowest BCUT2D eigenvalue weighted by Gasteiger charge is -2.28. The summed E-state index contributed by atoms with van der Waals surface area (Å²) in [5, 5.41) is 0. The van der Waals surface area contributed by atoms with E-state index in [1.165, 1.54) is 0 Å². The van der Waals surface area contributed by atoms with Crippen LogP contribution in [0, 0.1) is 0 Å². The first kappa shape index (κ1) is 18.0. The monoisotopic (exact) mass is 304 g/mol. The van der Waals surface area contributed by atoms with Crippen molar-refractivity contribution in [3.8, 4) is 0 Å². The van der Waals surface area contributed by atoms with E-state index in [0.717, 1.165) is 5.57 Å². The summed E-state index contributed by atoms with van der Waals surface area (Å²) in [7, 11) is 0. The van der Waals surface area contributed by atoms with Crippen LogP contribution in [0.25, 0.3) is 0 Å². The highest BCUT2D eigenvalue weighted by atomic mass is 16.6. The molecule has 0 aliphatic rings. The number of benzene rings is 1. The Morgan fingerprint density at radius 1 is 1.00 bits per heavy atom. The molecular formula is C18H24O4. The number of rotatable bonds is 7. The minimum Gasteiger partial charge on any atom is -0.465 e. The summed E-state index contributed by atoms with van der Waals surface area (Å²) >= 11 is 0. The number of allylic oxidation sites excluding steroid dienone is 2. The van der Waals surface area contributed by atoms with Gasteiger partial charge in [-0.15, -0.1) is 0 Å². The van der Waals surface area contributed by atoms with Crippen molar-refractivity contribution in [2.24, 2.45) is 0 Å². The Kier molecular flexibility index (Phi) is 6.83. The lowest BCUT2D eigenvalue weighted by molar-refractivity contribution is -0.164. The van der Waals surface area contributed by atoms with Gasteiger partial charge in [-0.2, -0.15) is 0 Å². The zero-order valence-corrected chi connectivity index (χ0v) is 13.7. The second kappa shape index (κ2) is 8.37. The molecule has 0 aliphatic carbocycles. The molecule has 0 fully saturated rings. The number of carbonyl (C=O) groups is 2. The van der Waals surface area contributed by atoms with Crippen LogP contribution in [0.1, 0.15) is 39.7 Å². The molecule has 0 radical (unpaired) electrons. The van der Waals surface area contributed by atoms with Crippen LogP contribution in [0.5, 0.6) is 0 Å². The molecule has 1 aromatic rings. The van der Waals surface area contributed by atoms with Gasteiger partial charge in [-0.1, -0.05) is 42.0 Å². The van der Waals surface area contributed by atoms with Gasteiger partial charge in [0.15, 0.2) is 5.41 Å². The Balaban J connectivity index is 3.44. The van der Waals surface area contributed by atoms with Crippen LogP contribution in [0.3, 0.4) is 0 Å². The third-order valence-electron chi connectivity index (χ3n) is 3.33. The average Bonchev–Trinajstić information content (AvgIpc) is 2.49. The number of hydrogen-bond donors (Lipinski definition) is 0. The molecule has 120 valence electrons. The quantitative estimate of drug-likeness (QED) is 0.440. The van der Waals surface area contributed by atoms with Crippen molar-refractivity contribution in [1.82, 2.24) is 0 Å². The Bertz CT molecular complexity index is 509. The molecule has 0 amide bonds. The predicted octanol–water partition coefficient (Wildman–Crippen LogP) is 3.41. The summed E-state index contributed by atoms with van der Waals surface area (Å²) in [5.41, 5.74) is 0.156. The number of ether oxygens (including phenoxy) is 2. The van der Waals surface area contributed by atoms with E-state index in [1.807, 2.05) is 26.0 Å². The van der Waals surface area contributed by atoms with Gasteiger partial charge in [0.1, 0.15) is 0 Å². The van der Waals surface area contributed by atoms with Gasteiger partial charge < -0.3 is 9.47 Å². The van der Waals surface area contributed by atoms with Crippen LogP contribution >= 0.6 is 0 Å². The molecule has 0 saturated carbocycles. The summed E-state index contributed by atoms with van der Waals surface area (Å²) in [5.74, 6) is -1.14. The molecule has 0 N–H and O–H groups in total. The molecule has 0 aromatic heterocycles. The van der Waals surface area contributed by atoms with E-state index in [2.05, 4.69) is 0 Å². The Labute approximate surface area is 132 Å². The van der Waals surface area contributed by atoms with Crippen LogP contribution in [-0.4, -0.2) is 25.2 Å². The Morgan fingerprint density at radius 3 is 1.91 bits per heavy atom. The van der Waals surface area contributed by atoms with Crippen molar-refractivity contribution in [3.05, 3.63) is 47.5 Å². The first-order valence-electron chi connectivity index (χ1n) is 7.52. The van der Waals surface area contributed by atoms with Crippen LogP contribution < -0.4 is 0 Å². The van der Waals surface area contributed by atoms with Gasteiger partial charge in [0.25, 0.3) is 0 Å². The summed E-state index contributed by atoms with van der Waals surface area (Å²) in [6, 6.07) is 8.95. The third kappa shape index (κ3) is 3.97. The fourth-order valence-electron chi connectivity index (χ4n) is 2.19. The van der Waals surface area contributed by atoms with E-state index in [4.69, 9.17) is 9.47 Å². The molecule has 1 aromatic carbocycles.